The van der Waals surface area contributed by atoms with E-state index in [2.05, 4.69) is 60.0 Å². The SMILES string of the molecule is C=CCCCCCC(NC)c1ccc(Br)cc1C. The number of benzene rings is 1. The number of hydrogen-bond donors (Lipinski definition) is 1. The van der Waals surface area contributed by atoms with Gasteiger partial charge in [0.15, 0.2) is 0 Å². The first-order valence-corrected chi connectivity index (χ1v) is 7.52. The summed E-state index contributed by atoms with van der Waals surface area (Å²) >= 11 is 3.52. The van der Waals surface area contributed by atoms with Gasteiger partial charge >= 0.3 is 0 Å². The molecule has 0 radical (unpaired) electrons. The summed E-state index contributed by atoms with van der Waals surface area (Å²) in [7, 11) is 2.05. The van der Waals surface area contributed by atoms with Crippen molar-refractivity contribution < 1.29 is 0 Å². The van der Waals surface area contributed by atoms with Gasteiger partial charge in [0, 0.05) is 10.5 Å². The van der Waals surface area contributed by atoms with Crippen molar-refractivity contribution in [2.75, 3.05) is 7.05 Å². The van der Waals surface area contributed by atoms with E-state index in [0.29, 0.717) is 6.04 Å². The lowest BCUT2D eigenvalue weighted by atomic mass is 9.96. The number of aryl methyl sites for hydroxylation is 1. The second-order valence-electron chi connectivity index (χ2n) is 4.77. The van der Waals surface area contributed by atoms with Gasteiger partial charge < -0.3 is 5.32 Å². The second-order valence-corrected chi connectivity index (χ2v) is 5.68. The molecular formula is C16H24BrN. The smallest absolute Gasteiger partial charge is 0.0320 e. The maximum atomic E-state index is 3.76. The first kappa shape index (κ1) is 15.5. The summed E-state index contributed by atoms with van der Waals surface area (Å²) in [6.07, 6.45) is 8.18. The summed E-state index contributed by atoms with van der Waals surface area (Å²) < 4.78 is 1.16. The summed E-state index contributed by atoms with van der Waals surface area (Å²) in [5, 5.41) is 3.43. The standard InChI is InChI=1S/C16H24BrN/c1-4-5-6-7-8-9-16(18-3)15-11-10-14(17)12-13(15)2/h4,10-12,16,18H,1,5-9H2,2-3H3. The molecule has 1 atom stereocenters. The molecule has 0 fully saturated rings. The average Bonchev–Trinajstić information content (AvgIpc) is 2.35. The minimum Gasteiger partial charge on any atom is -0.313 e. The van der Waals surface area contributed by atoms with Crippen molar-refractivity contribution in [2.45, 2.75) is 45.1 Å². The van der Waals surface area contributed by atoms with Gasteiger partial charge in [0.1, 0.15) is 0 Å². The van der Waals surface area contributed by atoms with E-state index < -0.39 is 0 Å². The maximum absolute atomic E-state index is 3.76. The number of nitrogens with one attached hydrogen (secondary N) is 1. The summed E-state index contributed by atoms with van der Waals surface area (Å²) in [4.78, 5) is 0. The van der Waals surface area contributed by atoms with Gasteiger partial charge in [0.05, 0.1) is 0 Å². The van der Waals surface area contributed by atoms with Crippen LogP contribution in [0.4, 0.5) is 0 Å². The van der Waals surface area contributed by atoms with Gasteiger partial charge in [-0.3, -0.25) is 0 Å². The van der Waals surface area contributed by atoms with Gasteiger partial charge in [-0.05, 0) is 56.5 Å². The molecule has 0 amide bonds. The molecule has 0 aliphatic rings. The molecule has 0 saturated carbocycles. The third-order valence-corrected chi connectivity index (χ3v) is 3.85. The van der Waals surface area contributed by atoms with Crippen LogP contribution in [0.5, 0.6) is 0 Å². The Bertz CT molecular complexity index is 373. The van der Waals surface area contributed by atoms with Gasteiger partial charge in [-0.25, -0.2) is 0 Å². The molecule has 0 saturated heterocycles. The van der Waals surface area contributed by atoms with Gasteiger partial charge in [-0.1, -0.05) is 40.9 Å². The van der Waals surface area contributed by atoms with Crippen LogP contribution in [-0.2, 0) is 0 Å². The molecule has 1 N–H and O–H groups in total. The quantitative estimate of drug-likeness (QED) is 0.517. The Morgan fingerprint density at radius 2 is 2.11 bits per heavy atom. The van der Waals surface area contributed by atoms with Crippen molar-refractivity contribution in [1.82, 2.24) is 5.32 Å². The Morgan fingerprint density at radius 1 is 1.33 bits per heavy atom. The van der Waals surface area contributed by atoms with E-state index in [1.54, 1.807) is 0 Å². The molecule has 1 unspecified atom stereocenters. The average molecular weight is 310 g/mol. The van der Waals surface area contributed by atoms with Crippen molar-refractivity contribution in [3.8, 4) is 0 Å². The molecule has 100 valence electrons. The number of allylic oxidation sites excluding steroid dienone is 1. The fourth-order valence-corrected chi connectivity index (χ4v) is 2.77. The van der Waals surface area contributed by atoms with E-state index >= 15 is 0 Å². The summed E-state index contributed by atoms with van der Waals surface area (Å²) in [5.74, 6) is 0. The monoisotopic (exact) mass is 309 g/mol. The predicted octanol–water partition coefficient (Wildman–Crippen LogP) is 5.15. The van der Waals surface area contributed by atoms with Crippen LogP contribution in [0.3, 0.4) is 0 Å². The van der Waals surface area contributed by atoms with Gasteiger partial charge in [0.25, 0.3) is 0 Å². The molecule has 18 heavy (non-hydrogen) atoms. The van der Waals surface area contributed by atoms with Crippen LogP contribution in [0.25, 0.3) is 0 Å². The van der Waals surface area contributed by atoms with Crippen molar-refractivity contribution in [2.24, 2.45) is 0 Å². The summed E-state index contributed by atoms with van der Waals surface area (Å²) in [6.45, 7) is 5.94. The molecule has 1 rings (SSSR count). The molecule has 0 spiro atoms. The Balaban J connectivity index is 2.52. The molecule has 0 heterocycles. The van der Waals surface area contributed by atoms with Crippen LogP contribution in [0, 0.1) is 6.92 Å². The Labute approximate surface area is 120 Å². The molecular weight excluding hydrogens is 286 g/mol. The minimum atomic E-state index is 0.474. The first-order valence-electron chi connectivity index (χ1n) is 6.73. The van der Waals surface area contributed by atoms with Crippen LogP contribution in [0.1, 0.15) is 49.3 Å². The van der Waals surface area contributed by atoms with Crippen molar-refractivity contribution in [3.63, 3.8) is 0 Å². The van der Waals surface area contributed by atoms with E-state index in [-0.39, 0.29) is 0 Å². The van der Waals surface area contributed by atoms with E-state index in [0.717, 1.165) is 10.9 Å². The highest BCUT2D eigenvalue weighted by Crippen LogP contribution is 2.25. The van der Waals surface area contributed by atoms with Gasteiger partial charge in [0.2, 0.25) is 0 Å². The van der Waals surface area contributed by atoms with E-state index in [1.165, 1.54) is 36.8 Å². The fourth-order valence-electron chi connectivity index (χ4n) is 2.30. The third kappa shape index (κ3) is 4.95. The minimum absolute atomic E-state index is 0.474. The van der Waals surface area contributed by atoms with E-state index in [1.807, 2.05) is 6.08 Å². The second kappa shape index (κ2) is 8.49. The van der Waals surface area contributed by atoms with E-state index in [4.69, 9.17) is 0 Å². The van der Waals surface area contributed by atoms with E-state index in [9.17, 15) is 0 Å². The van der Waals surface area contributed by atoms with Crippen LogP contribution in [0.15, 0.2) is 35.3 Å². The fraction of sp³-hybridized carbons (Fsp3) is 0.500. The molecule has 0 aliphatic carbocycles. The lowest BCUT2D eigenvalue weighted by molar-refractivity contribution is 0.506. The van der Waals surface area contributed by atoms with Crippen LogP contribution in [0.2, 0.25) is 0 Å². The Hall–Kier alpha value is -0.600. The highest BCUT2D eigenvalue weighted by Gasteiger charge is 2.11. The molecule has 0 aliphatic heterocycles. The number of hydrogen-bond acceptors (Lipinski definition) is 1. The van der Waals surface area contributed by atoms with Crippen molar-refractivity contribution in [1.29, 1.82) is 0 Å². The number of unbranched alkanes of at least 4 members (excludes halogenated alkanes) is 3. The maximum Gasteiger partial charge on any atom is 0.0320 e. The molecule has 0 bridgehead atoms. The lowest BCUT2D eigenvalue weighted by Crippen LogP contribution is -2.17. The van der Waals surface area contributed by atoms with Crippen molar-refractivity contribution >= 4 is 15.9 Å². The highest BCUT2D eigenvalue weighted by molar-refractivity contribution is 9.10. The zero-order valence-corrected chi connectivity index (χ0v) is 13.1. The normalized spacial score (nSPS) is 12.4. The molecule has 0 aromatic heterocycles. The zero-order chi connectivity index (χ0) is 13.4. The Morgan fingerprint density at radius 3 is 2.72 bits per heavy atom. The summed E-state index contributed by atoms with van der Waals surface area (Å²) in [6, 6.07) is 7.02. The zero-order valence-electron chi connectivity index (χ0n) is 11.5. The number of rotatable bonds is 8. The predicted molar refractivity (Wildman–Crippen MR) is 84.0 cm³/mol. The molecule has 2 heteroatoms. The van der Waals surface area contributed by atoms with Crippen LogP contribution in [-0.4, -0.2) is 7.05 Å². The highest BCUT2D eigenvalue weighted by atomic mass is 79.9. The van der Waals surface area contributed by atoms with Crippen LogP contribution >= 0.6 is 15.9 Å². The topological polar surface area (TPSA) is 12.0 Å². The summed E-state index contributed by atoms with van der Waals surface area (Å²) in [5.41, 5.74) is 2.78. The molecule has 1 aromatic carbocycles. The van der Waals surface area contributed by atoms with Crippen LogP contribution < -0.4 is 5.32 Å². The van der Waals surface area contributed by atoms with Gasteiger partial charge in [-0.2, -0.15) is 0 Å². The molecule has 1 nitrogen and oxygen atoms in total. The Kier molecular flexibility index (Phi) is 7.29. The third-order valence-electron chi connectivity index (χ3n) is 3.36. The lowest BCUT2D eigenvalue weighted by Gasteiger charge is -2.19. The first-order chi connectivity index (χ1) is 8.69. The number of halogens is 1. The molecule has 1 aromatic rings. The largest absolute Gasteiger partial charge is 0.313 e. The van der Waals surface area contributed by atoms with Gasteiger partial charge in [-0.15, -0.1) is 6.58 Å². The van der Waals surface area contributed by atoms with Crippen molar-refractivity contribution in [3.05, 3.63) is 46.5 Å².